The molecular weight excluding hydrogens is 304 g/mol. The molecule has 2 N–H and O–H groups in total. The number of nitrogens with one attached hydrogen (secondary N) is 2. The molecule has 0 radical (unpaired) electrons. The monoisotopic (exact) mass is 320 g/mol. The van der Waals surface area contributed by atoms with Gasteiger partial charge in [0.1, 0.15) is 0 Å². The lowest BCUT2D eigenvalue weighted by Crippen LogP contribution is -2.41. The van der Waals surface area contributed by atoms with Gasteiger partial charge >= 0.3 is 0 Å². The lowest BCUT2D eigenvalue weighted by Gasteiger charge is -2.02. The van der Waals surface area contributed by atoms with Crippen molar-refractivity contribution in [2.75, 3.05) is 11.5 Å². The fourth-order valence-electron chi connectivity index (χ4n) is 0.873. The quantitative estimate of drug-likeness (QED) is 0.611. The summed E-state index contributed by atoms with van der Waals surface area (Å²) in [6, 6.07) is 0. The summed E-state index contributed by atoms with van der Waals surface area (Å²) in [5.74, 6) is 1.23. The molecule has 9 heteroatoms. The topological polar surface area (TPSA) is 84.0 Å². The molecule has 1 aromatic rings. The zero-order valence-electron chi connectivity index (χ0n) is 10.9. The summed E-state index contributed by atoms with van der Waals surface area (Å²) in [6.07, 6.45) is 0. The molecule has 106 valence electrons. The molecule has 1 aromatic heterocycles. The highest BCUT2D eigenvalue weighted by molar-refractivity contribution is 8.03. The average Bonchev–Trinajstić information content (AvgIpc) is 2.79. The van der Waals surface area contributed by atoms with Crippen LogP contribution in [-0.4, -0.2) is 33.5 Å². The van der Waals surface area contributed by atoms with Crippen LogP contribution in [0.1, 0.15) is 20.8 Å². The second kappa shape index (κ2) is 8.39. The first-order chi connectivity index (χ1) is 8.97. The molecule has 19 heavy (non-hydrogen) atoms. The second-order valence-corrected chi connectivity index (χ2v) is 7.52. The lowest BCUT2D eigenvalue weighted by molar-refractivity contribution is -0.126. The number of rotatable bonds is 6. The summed E-state index contributed by atoms with van der Waals surface area (Å²) >= 11 is 4.45. The minimum atomic E-state index is -0.304. The summed E-state index contributed by atoms with van der Waals surface area (Å²) in [5.41, 5.74) is 4.52. The van der Waals surface area contributed by atoms with Crippen LogP contribution in [0.25, 0.3) is 0 Å². The van der Waals surface area contributed by atoms with Crippen molar-refractivity contribution in [3.05, 3.63) is 0 Å². The van der Waals surface area contributed by atoms with Crippen molar-refractivity contribution in [3.63, 3.8) is 0 Å². The minimum Gasteiger partial charge on any atom is -0.274 e. The number of thioether (sulfide) groups is 2. The van der Waals surface area contributed by atoms with Gasteiger partial charge in [0.05, 0.1) is 5.75 Å². The first-order valence-corrected chi connectivity index (χ1v) is 8.40. The molecule has 1 heterocycles. The highest BCUT2D eigenvalue weighted by atomic mass is 32.2. The van der Waals surface area contributed by atoms with E-state index in [2.05, 4.69) is 34.9 Å². The second-order valence-electron chi connectivity index (χ2n) is 4.06. The summed E-state index contributed by atoms with van der Waals surface area (Å²) in [5, 5.41) is 8.05. The van der Waals surface area contributed by atoms with Crippen LogP contribution >= 0.6 is 34.9 Å². The Morgan fingerprint density at radius 3 is 2.42 bits per heavy atom. The van der Waals surface area contributed by atoms with Gasteiger partial charge in [0.25, 0.3) is 0 Å². The molecule has 0 aromatic carbocycles. The van der Waals surface area contributed by atoms with E-state index in [1.165, 1.54) is 30.0 Å². The van der Waals surface area contributed by atoms with Crippen LogP contribution in [0.4, 0.5) is 0 Å². The first-order valence-electron chi connectivity index (χ1n) is 5.62. The fourth-order valence-corrected chi connectivity index (χ4v) is 3.67. The van der Waals surface area contributed by atoms with E-state index in [1.54, 1.807) is 11.8 Å². The molecule has 0 aliphatic carbocycles. The summed E-state index contributed by atoms with van der Waals surface area (Å²) in [6.45, 7) is 5.63. The van der Waals surface area contributed by atoms with Gasteiger partial charge in [-0.2, -0.15) is 0 Å². The van der Waals surface area contributed by atoms with Gasteiger partial charge in [-0.05, 0) is 5.92 Å². The number of carbonyl (C=O) groups excluding carboxylic acids is 2. The third-order valence-electron chi connectivity index (χ3n) is 1.63. The number of hydrogen-bond acceptors (Lipinski definition) is 7. The molecule has 0 aliphatic rings. The van der Waals surface area contributed by atoms with E-state index in [4.69, 9.17) is 0 Å². The number of amides is 2. The Bertz CT molecular complexity index is 436. The third-order valence-corrected chi connectivity index (χ3v) is 5.25. The molecule has 6 nitrogen and oxygen atoms in total. The van der Waals surface area contributed by atoms with Crippen LogP contribution in [0.2, 0.25) is 0 Å². The van der Waals surface area contributed by atoms with Crippen molar-refractivity contribution in [2.45, 2.75) is 29.5 Å². The maximum Gasteiger partial charge on any atom is 0.248 e. The maximum absolute atomic E-state index is 11.3. The van der Waals surface area contributed by atoms with Crippen LogP contribution in [0.5, 0.6) is 0 Å². The number of carbonyl (C=O) groups is 2. The Labute approximate surface area is 124 Å². The van der Waals surface area contributed by atoms with E-state index < -0.39 is 0 Å². The molecule has 0 unspecified atom stereocenters. The Morgan fingerprint density at radius 2 is 1.84 bits per heavy atom. The summed E-state index contributed by atoms with van der Waals surface area (Å²) in [7, 11) is 0. The Balaban J connectivity index is 2.29. The molecule has 0 atom stereocenters. The number of aromatic nitrogens is 2. The molecule has 0 saturated heterocycles. The van der Waals surface area contributed by atoms with Gasteiger partial charge in [-0.3, -0.25) is 20.4 Å². The van der Waals surface area contributed by atoms with Crippen LogP contribution in [-0.2, 0) is 9.59 Å². The van der Waals surface area contributed by atoms with Gasteiger partial charge in [-0.1, -0.05) is 48.7 Å². The van der Waals surface area contributed by atoms with Crippen LogP contribution < -0.4 is 10.9 Å². The number of hydrazine groups is 1. The van der Waals surface area contributed by atoms with Crippen molar-refractivity contribution in [2.24, 2.45) is 5.92 Å². The highest BCUT2D eigenvalue weighted by Crippen LogP contribution is 2.29. The summed E-state index contributed by atoms with van der Waals surface area (Å²) < 4.78 is 1.67. The molecule has 0 bridgehead atoms. The van der Waals surface area contributed by atoms with Crippen molar-refractivity contribution in [1.29, 1.82) is 0 Å². The van der Waals surface area contributed by atoms with Crippen molar-refractivity contribution >= 4 is 46.7 Å². The van der Waals surface area contributed by atoms with E-state index in [0.29, 0.717) is 5.92 Å². The molecule has 1 rings (SSSR count). The Kier molecular flexibility index (Phi) is 7.17. The molecule has 0 spiro atoms. The largest absolute Gasteiger partial charge is 0.274 e. The van der Waals surface area contributed by atoms with Gasteiger partial charge in [0, 0.05) is 12.7 Å². The molecule has 0 fully saturated rings. The Morgan fingerprint density at radius 1 is 1.21 bits per heavy atom. The van der Waals surface area contributed by atoms with Gasteiger partial charge < -0.3 is 0 Å². The number of hydrogen-bond donors (Lipinski definition) is 2. The van der Waals surface area contributed by atoms with Crippen molar-refractivity contribution in [1.82, 2.24) is 21.0 Å². The lowest BCUT2D eigenvalue weighted by atomic mass is 10.3. The first kappa shape index (κ1) is 16.3. The molecule has 2 amide bonds. The van der Waals surface area contributed by atoms with Crippen LogP contribution in [0.3, 0.4) is 0 Å². The smallest absolute Gasteiger partial charge is 0.248 e. The minimum absolute atomic E-state index is 0.198. The van der Waals surface area contributed by atoms with Gasteiger partial charge in [0.2, 0.25) is 11.8 Å². The van der Waals surface area contributed by atoms with E-state index in [0.717, 1.165) is 14.4 Å². The normalized spacial score (nSPS) is 10.5. The van der Waals surface area contributed by atoms with Crippen LogP contribution in [0.15, 0.2) is 8.68 Å². The van der Waals surface area contributed by atoms with Crippen molar-refractivity contribution < 1.29 is 9.59 Å². The fraction of sp³-hybridized carbons (Fsp3) is 0.600. The predicted molar refractivity (Wildman–Crippen MR) is 78.2 cm³/mol. The van der Waals surface area contributed by atoms with Crippen molar-refractivity contribution in [3.8, 4) is 0 Å². The van der Waals surface area contributed by atoms with Gasteiger partial charge in [0.15, 0.2) is 8.68 Å². The van der Waals surface area contributed by atoms with Gasteiger partial charge in [-0.15, -0.1) is 10.2 Å². The van der Waals surface area contributed by atoms with E-state index in [-0.39, 0.29) is 17.6 Å². The van der Waals surface area contributed by atoms with E-state index in [1.807, 2.05) is 0 Å². The Hall–Kier alpha value is -0.800. The average molecular weight is 320 g/mol. The molecule has 0 aliphatic heterocycles. The zero-order valence-corrected chi connectivity index (χ0v) is 13.4. The SMILES string of the molecule is CC(=O)NNC(=O)CSc1nnc(SCC(C)C)s1. The predicted octanol–water partition coefficient (Wildman–Crippen LogP) is 1.55. The molecule has 0 saturated carbocycles. The number of nitrogens with zero attached hydrogens (tertiary/aromatic N) is 2. The van der Waals surface area contributed by atoms with E-state index >= 15 is 0 Å². The standard InChI is InChI=1S/C10H16N4O2S3/c1-6(2)4-17-9-13-14-10(19-9)18-5-8(16)12-11-7(3)15/h6H,4-5H2,1-3H3,(H,11,15)(H,12,16). The summed E-state index contributed by atoms with van der Waals surface area (Å²) in [4.78, 5) is 21.9. The van der Waals surface area contributed by atoms with Crippen LogP contribution in [0, 0.1) is 5.92 Å². The highest BCUT2D eigenvalue weighted by Gasteiger charge is 2.09. The third kappa shape index (κ3) is 7.38. The maximum atomic E-state index is 11.3. The molecular formula is C10H16N4O2S3. The van der Waals surface area contributed by atoms with Gasteiger partial charge in [-0.25, -0.2) is 0 Å². The van der Waals surface area contributed by atoms with E-state index in [9.17, 15) is 9.59 Å². The zero-order chi connectivity index (χ0) is 14.3.